The minimum absolute atomic E-state index is 0. The second-order valence-electron chi connectivity index (χ2n) is 5.64. The minimum Gasteiger partial charge on any atom is -0.475 e. The highest BCUT2D eigenvalue weighted by Crippen LogP contribution is 2.34. The molecule has 0 saturated heterocycles. The Morgan fingerprint density at radius 1 is 1.33 bits per heavy atom. The van der Waals surface area contributed by atoms with Crippen LogP contribution in [0.5, 0.6) is 5.88 Å². The van der Waals surface area contributed by atoms with Gasteiger partial charge >= 0.3 is 6.18 Å². The maximum atomic E-state index is 12.9. The Morgan fingerprint density at radius 3 is 2.67 bits per heavy atom. The number of pyridine rings is 1. The van der Waals surface area contributed by atoms with Gasteiger partial charge in [-0.05, 0) is 24.3 Å². The van der Waals surface area contributed by atoms with Crippen LogP contribution in [0.15, 0.2) is 41.7 Å². The number of nitrogens with zero attached hydrogens (tertiary/aromatic N) is 4. The molecule has 6 nitrogen and oxygen atoms in total. The predicted molar refractivity (Wildman–Crippen MR) is 108 cm³/mol. The summed E-state index contributed by atoms with van der Waals surface area (Å²) in [5, 5.41) is 3.06. The molecule has 0 fully saturated rings. The first kappa shape index (κ1) is 23.1. The SMILES string of the molecule is CN=C(NCCOc1ncccc1C(F)(F)F)N(C)Cc1cccn1C.I. The van der Waals surface area contributed by atoms with Crippen molar-refractivity contribution in [3.8, 4) is 5.88 Å². The Hall–Kier alpha value is -1.98. The van der Waals surface area contributed by atoms with Crippen molar-refractivity contribution in [3.05, 3.63) is 47.9 Å². The number of hydrogen-bond donors (Lipinski definition) is 1. The Labute approximate surface area is 173 Å². The van der Waals surface area contributed by atoms with Crippen LogP contribution in [0.1, 0.15) is 11.3 Å². The van der Waals surface area contributed by atoms with Gasteiger partial charge in [-0.15, -0.1) is 24.0 Å². The molecule has 2 rings (SSSR count). The lowest BCUT2D eigenvalue weighted by molar-refractivity contribution is -0.139. The van der Waals surface area contributed by atoms with Crippen molar-refractivity contribution in [1.82, 2.24) is 19.8 Å². The smallest absolute Gasteiger partial charge is 0.421 e. The molecule has 0 bridgehead atoms. The third kappa shape index (κ3) is 6.60. The number of alkyl halides is 3. The van der Waals surface area contributed by atoms with Gasteiger partial charge in [-0.1, -0.05) is 0 Å². The van der Waals surface area contributed by atoms with Crippen LogP contribution in [0.2, 0.25) is 0 Å². The van der Waals surface area contributed by atoms with E-state index in [9.17, 15) is 13.2 Å². The highest BCUT2D eigenvalue weighted by molar-refractivity contribution is 14.0. The van der Waals surface area contributed by atoms with Gasteiger partial charge in [0.1, 0.15) is 12.2 Å². The van der Waals surface area contributed by atoms with Gasteiger partial charge in [0.05, 0.1) is 13.1 Å². The van der Waals surface area contributed by atoms with Crippen LogP contribution in [0.25, 0.3) is 0 Å². The average Bonchev–Trinajstić information content (AvgIpc) is 2.99. The number of halogens is 4. The van der Waals surface area contributed by atoms with E-state index < -0.39 is 17.6 Å². The normalized spacial score (nSPS) is 11.7. The van der Waals surface area contributed by atoms with E-state index in [2.05, 4.69) is 15.3 Å². The summed E-state index contributed by atoms with van der Waals surface area (Å²) in [4.78, 5) is 9.75. The first-order valence-electron chi connectivity index (χ1n) is 8.00. The van der Waals surface area contributed by atoms with Crippen molar-refractivity contribution < 1.29 is 17.9 Å². The fourth-order valence-electron chi connectivity index (χ4n) is 2.40. The number of hydrogen-bond acceptors (Lipinski definition) is 3. The Balaban J connectivity index is 0.00000364. The zero-order valence-corrected chi connectivity index (χ0v) is 17.7. The number of nitrogens with one attached hydrogen (secondary N) is 1. The summed E-state index contributed by atoms with van der Waals surface area (Å²) in [5.74, 6) is 0.195. The van der Waals surface area contributed by atoms with Crippen molar-refractivity contribution in [2.45, 2.75) is 12.7 Å². The molecular weight excluding hydrogens is 474 g/mol. The summed E-state index contributed by atoms with van der Waals surface area (Å²) in [6.07, 6.45) is -1.27. The maximum Gasteiger partial charge on any atom is 0.421 e. The summed E-state index contributed by atoms with van der Waals surface area (Å²) < 4.78 is 45.9. The van der Waals surface area contributed by atoms with Crippen LogP contribution in [0, 0.1) is 0 Å². The molecule has 0 aromatic carbocycles. The van der Waals surface area contributed by atoms with Crippen LogP contribution < -0.4 is 10.1 Å². The molecule has 2 aromatic heterocycles. The number of aromatic nitrogens is 2. The van der Waals surface area contributed by atoms with Crippen LogP contribution in [0.3, 0.4) is 0 Å². The number of rotatable bonds is 6. The molecular formula is C17H23F3IN5O. The number of aryl methyl sites for hydroxylation is 1. The summed E-state index contributed by atoms with van der Waals surface area (Å²) in [5.41, 5.74) is 0.222. The summed E-state index contributed by atoms with van der Waals surface area (Å²) in [6, 6.07) is 6.14. The van der Waals surface area contributed by atoms with Crippen molar-refractivity contribution in [1.29, 1.82) is 0 Å². The molecule has 0 aliphatic carbocycles. The summed E-state index contributed by atoms with van der Waals surface area (Å²) in [6.45, 7) is 0.956. The second kappa shape index (κ2) is 10.4. The van der Waals surface area contributed by atoms with E-state index >= 15 is 0 Å². The fourth-order valence-corrected chi connectivity index (χ4v) is 2.40. The Morgan fingerprint density at radius 2 is 2.07 bits per heavy atom. The summed E-state index contributed by atoms with van der Waals surface area (Å²) >= 11 is 0. The van der Waals surface area contributed by atoms with Crippen LogP contribution >= 0.6 is 24.0 Å². The lowest BCUT2D eigenvalue weighted by Crippen LogP contribution is -2.40. The van der Waals surface area contributed by atoms with Crippen molar-refractivity contribution in [3.63, 3.8) is 0 Å². The van der Waals surface area contributed by atoms with Gasteiger partial charge in [-0.25, -0.2) is 4.98 Å². The number of aliphatic imine (C=N–C) groups is 1. The average molecular weight is 497 g/mol. The third-order valence-electron chi connectivity index (χ3n) is 3.72. The monoisotopic (exact) mass is 497 g/mol. The zero-order chi connectivity index (χ0) is 19.2. The molecule has 10 heteroatoms. The van der Waals surface area contributed by atoms with E-state index in [-0.39, 0.29) is 37.1 Å². The Kier molecular flexibility index (Phi) is 8.86. The van der Waals surface area contributed by atoms with E-state index in [1.807, 2.05) is 41.9 Å². The molecule has 0 radical (unpaired) electrons. The molecule has 27 heavy (non-hydrogen) atoms. The van der Waals surface area contributed by atoms with Crippen LogP contribution in [-0.4, -0.2) is 47.7 Å². The highest BCUT2D eigenvalue weighted by atomic mass is 127. The molecule has 0 unspecified atom stereocenters. The zero-order valence-electron chi connectivity index (χ0n) is 15.3. The van der Waals surface area contributed by atoms with E-state index in [1.54, 1.807) is 7.05 Å². The van der Waals surface area contributed by atoms with Gasteiger partial charge in [0.15, 0.2) is 5.96 Å². The molecule has 0 spiro atoms. The Bertz CT molecular complexity index is 748. The highest BCUT2D eigenvalue weighted by Gasteiger charge is 2.34. The van der Waals surface area contributed by atoms with Gasteiger partial charge in [0, 0.05) is 39.2 Å². The van der Waals surface area contributed by atoms with E-state index in [0.29, 0.717) is 12.5 Å². The van der Waals surface area contributed by atoms with E-state index in [4.69, 9.17) is 4.74 Å². The molecule has 0 atom stereocenters. The number of ether oxygens (including phenoxy) is 1. The quantitative estimate of drug-likeness (QED) is 0.289. The predicted octanol–water partition coefficient (Wildman–Crippen LogP) is 3.14. The molecule has 0 aliphatic heterocycles. The molecule has 2 heterocycles. The van der Waals surface area contributed by atoms with Crippen LogP contribution in [-0.2, 0) is 19.8 Å². The van der Waals surface area contributed by atoms with E-state index in [0.717, 1.165) is 11.8 Å². The molecule has 0 amide bonds. The van der Waals surface area contributed by atoms with Crippen molar-refractivity contribution >= 4 is 29.9 Å². The molecule has 0 aliphatic rings. The van der Waals surface area contributed by atoms with Crippen molar-refractivity contribution in [2.24, 2.45) is 12.0 Å². The maximum absolute atomic E-state index is 12.9. The van der Waals surface area contributed by atoms with Crippen molar-refractivity contribution in [2.75, 3.05) is 27.2 Å². The lowest BCUT2D eigenvalue weighted by Gasteiger charge is -2.22. The first-order valence-corrected chi connectivity index (χ1v) is 8.00. The first-order chi connectivity index (χ1) is 12.3. The standard InChI is InChI=1S/C17H22F3N5O.HI/c1-21-16(25(3)12-13-6-5-10-24(13)2)23-9-11-26-15-14(17(18,19)20)7-4-8-22-15;/h4-8,10H,9,11-12H2,1-3H3,(H,21,23);1H. The number of guanidine groups is 1. The van der Waals surface area contributed by atoms with Gasteiger partial charge in [0.2, 0.25) is 5.88 Å². The third-order valence-corrected chi connectivity index (χ3v) is 3.72. The largest absolute Gasteiger partial charge is 0.475 e. The molecule has 150 valence electrons. The molecule has 0 saturated carbocycles. The summed E-state index contributed by atoms with van der Waals surface area (Å²) in [7, 11) is 5.48. The van der Waals surface area contributed by atoms with Gasteiger partial charge in [0.25, 0.3) is 0 Å². The van der Waals surface area contributed by atoms with Gasteiger partial charge in [-0.2, -0.15) is 13.2 Å². The lowest BCUT2D eigenvalue weighted by atomic mass is 10.2. The van der Waals surface area contributed by atoms with Gasteiger partial charge in [-0.3, -0.25) is 4.99 Å². The second-order valence-corrected chi connectivity index (χ2v) is 5.64. The minimum atomic E-state index is -4.50. The fraction of sp³-hybridized carbons (Fsp3) is 0.412. The van der Waals surface area contributed by atoms with E-state index in [1.165, 1.54) is 12.3 Å². The van der Waals surface area contributed by atoms with Crippen LogP contribution in [0.4, 0.5) is 13.2 Å². The topological polar surface area (TPSA) is 54.7 Å². The molecule has 2 aromatic rings. The molecule has 1 N–H and O–H groups in total. The van der Waals surface area contributed by atoms with Gasteiger partial charge < -0.3 is 19.5 Å².